The molecule has 0 fully saturated rings. The molecule has 0 atom stereocenters. The van der Waals surface area contributed by atoms with E-state index in [1.807, 2.05) is 39.1 Å². The molecule has 0 amide bonds. The van der Waals surface area contributed by atoms with E-state index in [9.17, 15) is 10.2 Å². The van der Waals surface area contributed by atoms with Crippen molar-refractivity contribution in [1.82, 2.24) is 24.5 Å². The number of aromatic hydroxyl groups is 2. The minimum absolute atomic E-state index is 0.0586. The molecule has 7 nitrogen and oxygen atoms in total. The molecule has 0 spiro atoms. The Hall–Kier alpha value is -3.13. The van der Waals surface area contributed by atoms with Crippen molar-refractivity contribution in [1.29, 1.82) is 0 Å². The molecule has 0 radical (unpaired) electrons. The van der Waals surface area contributed by atoms with Crippen LogP contribution in [0.4, 0.5) is 0 Å². The molecule has 0 saturated heterocycles. The van der Waals surface area contributed by atoms with Crippen LogP contribution in [-0.2, 0) is 7.05 Å². The Morgan fingerprint density at radius 3 is 2.63 bits per heavy atom. The predicted octanol–water partition coefficient (Wildman–Crippen LogP) is 4.02. The minimum atomic E-state index is -0.0613. The van der Waals surface area contributed by atoms with Gasteiger partial charge in [-0.3, -0.25) is 14.3 Å². The zero-order chi connectivity index (χ0) is 19.3. The van der Waals surface area contributed by atoms with Crippen molar-refractivity contribution in [2.75, 3.05) is 0 Å². The Balaban J connectivity index is 1.96. The van der Waals surface area contributed by atoms with Crippen LogP contribution in [0, 0.1) is 4.77 Å². The van der Waals surface area contributed by atoms with Crippen molar-refractivity contribution in [3.63, 3.8) is 0 Å². The highest BCUT2D eigenvalue weighted by atomic mass is 32.1. The number of benzene rings is 2. The van der Waals surface area contributed by atoms with Crippen molar-refractivity contribution in [2.45, 2.75) is 19.8 Å². The van der Waals surface area contributed by atoms with E-state index in [4.69, 9.17) is 12.2 Å². The highest BCUT2D eigenvalue weighted by molar-refractivity contribution is 7.71. The van der Waals surface area contributed by atoms with Crippen LogP contribution in [0.5, 0.6) is 11.5 Å². The van der Waals surface area contributed by atoms with Gasteiger partial charge in [0.1, 0.15) is 11.5 Å². The van der Waals surface area contributed by atoms with E-state index in [0.717, 1.165) is 22.2 Å². The lowest BCUT2D eigenvalue weighted by atomic mass is 9.98. The first-order chi connectivity index (χ1) is 12.9. The van der Waals surface area contributed by atoms with Gasteiger partial charge in [-0.1, -0.05) is 13.8 Å². The first-order valence-electron chi connectivity index (χ1n) is 8.52. The first-order valence-corrected chi connectivity index (χ1v) is 8.93. The largest absolute Gasteiger partial charge is 0.508 e. The number of rotatable bonds is 3. The van der Waals surface area contributed by atoms with Gasteiger partial charge in [0.15, 0.2) is 10.6 Å². The standard InChI is InChI=1S/C19H19N5O2S/c1-10(2)13-7-14(17(26)8-16(13)25)18-21-22-19(27)24(18)12-5-4-11-9-20-23(3)15(11)6-12/h4-10,25-26H,1-3H3,(H,22,27). The molecule has 0 unspecified atom stereocenters. The summed E-state index contributed by atoms with van der Waals surface area (Å²) < 4.78 is 3.96. The Morgan fingerprint density at radius 2 is 1.89 bits per heavy atom. The molecule has 0 aliphatic rings. The van der Waals surface area contributed by atoms with Crippen molar-refractivity contribution in [3.05, 3.63) is 46.9 Å². The lowest BCUT2D eigenvalue weighted by molar-refractivity contribution is 0.444. The minimum Gasteiger partial charge on any atom is -0.508 e. The molecule has 2 aromatic carbocycles. The van der Waals surface area contributed by atoms with Gasteiger partial charge in [0, 0.05) is 18.5 Å². The molecule has 138 valence electrons. The number of hydrogen-bond donors (Lipinski definition) is 3. The SMILES string of the molecule is CC(C)c1cc(-c2n[nH]c(=S)n2-c2ccc3cnn(C)c3c2)c(O)cc1O. The molecular weight excluding hydrogens is 362 g/mol. The third kappa shape index (κ3) is 2.78. The topological polar surface area (TPSA) is 91.9 Å². The number of aromatic amines is 1. The second-order valence-electron chi connectivity index (χ2n) is 6.78. The Labute approximate surface area is 160 Å². The van der Waals surface area contributed by atoms with Crippen molar-refractivity contribution >= 4 is 23.1 Å². The summed E-state index contributed by atoms with van der Waals surface area (Å²) in [7, 11) is 1.88. The summed E-state index contributed by atoms with van der Waals surface area (Å²) in [6, 6.07) is 8.96. The molecule has 27 heavy (non-hydrogen) atoms. The number of phenolic OH excluding ortho intramolecular Hbond substituents is 2. The Bertz CT molecular complexity index is 1220. The third-order valence-electron chi connectivity index (χ3n) is 4.67. The van der Waals surface area contributed by atoms with Gasteiger partial charge >= 0.3 is 0 Å². The van der Waals surface area contributed by atoms with E-state index in [1.165, 1.54) is 6.07 Å². The quantitative estimate of drug-likeness (QED) is 0.466. The van der Waals surface area contributed by atoms with E-state index >= 15 is 0 Å². The first kappa shape index (κ1) is 17.3. The molecule has 3 N–H and O–H groups in total. The van der Waals surface area contributed by atoms with E-state index < -0.39 is 0 Å². The van der Waals surface area contributed by atoms with E-state index in [1.54, 1.807) is 21.5 Å². The maximum Gasteiger partial charge on any atom is 0.200 e. The fraction of sp³-hybridized carbons (Fsp3) is 0.211. The smallest absolute Gasteiger partial charge is 0.200 e. The van der Waals surface area contributed by atoms with Gasteiger partial charge in [-0.25, -0.2) is 0 Å². The van der Waals surface area contributed by atoms with Gasteiger partial charge in [-0.05, 0) is 48.0 Å². The van der Waals surface area contributed by atoms with Crippen LogP contribution < -0.4 is 0 Å². The maximum absolute atomic E-state index is 10.4. The zero-order valence-electron chi connectivity index (χ0n) is 15.1. The van der Waals surface area contributed by atoms with E-state index in [2.05, 4.69) is 15.3 Å². The van der Waals surface area contributed by atoms with Crippen LogP contribution in [0.1, 0.15) is 25.3 Å². The number of nitrogens with zero attached hydrogens (tertiary/aromatic N) is 4. The van der Waals surface area contributed by atoms with Crippen LogP contribution in [0.2, 0.25) is 0 Å². The van der Waals surface area contributed by atoms with Crippen LogP contribution in [-0.4, -0.2) is 34.8 Å². The van der Waals surface area contributed by atoms with Gasteiger partial charge in [-0.2, -0.15) is 10.2 Å². The van der Waals surface area contributed by atoms with Crippen LogP contribution in [0.25, 0.3) is 28.0 Å². The summed E-state index contributed by atoms with van der Waals surface area (Å²) in [6.07, 6.45) is 1.80. The summed E-state index contributed by atoms with van der Waals surface area (Å²) in [5.74, 6) is 0.559. The zero-order valence-corrected chi connectivity index (χ0v) is 15.9. The lowest BCUT2D eigenvalue weighted by Gasteiger charge is -2.13. The van der Waals surface area contributed by atoms with Crippen molar-refractivity contribution < 1.29 is 10.2 Å². The normalized spacial score (nSPS) is 11.6. The molecule has 4 aromatic rings. The number of aromatic nitrogens is 5. The molecule has 0 aliphatic heterocycles. The molecule has 0 bridgehead atoms. The number of phenols is 2. The van der Waals surface area contributed by atoms with E-state index in [0.29, 0.717) is 16.2 Å². The Kier molecular flexibility index (Phi) is 4.00. The Morgan fingerprint density at radius 1 is 1.11 bits per heavy atom. The number of fused-ring (bicyclic) bond motifs is 1. The summed E-state index contributed by atoms with van der Waals surface area (Å²) in [5.41, 5.74) is 2.98. The second-order valence-corrected chi connectivity index (χ2v) is 7.17. The molecule has 4 rings (SSSR count). The van der Waals surface area contributed by atoms with Gasteiger partial charge in [0.05, 0.1) is 23.0 Å². The molecule has 0 saturated carbocycles. The highest BCUT2D eigenvalue weighted by Gasteiger charge is 2.19. The average Bonchev–Trinajstić information content (AvgIpc) is 3.17. The fourth-order valence-corrected chi connectivity index (χ4v) is 3.46. The molecule has 8 heteroatoms. The van der Waals surface area contributed by atoms with Gasteiger partial charge in [0.25, 0.3) is 0 Å². The highest BCUT2D eigenvalue weighted by Crippen LogP contribution is 2.38. The van der Waals surface area contributed by atoms with Gasteiger partial charge in [-0.15, -0.1) is 0 Å². The van der Waals surface area contributed by atoms with Crippen molar-refractivity contribution in [2.24, 2.45) is 7.05 Å². The summed E-state index contributed by atoms with van der Waals surface area (Å²) >= 11 is 5.43. The maximum atomic E-state index is 10.4. The molecule has 2 heterocycles. The number of aryl methyl sites for hydroxylation is 1. The fourth-order valence-electron chi connectivity index (χ4n) is 3.22. The average molecular weight is 381 g/mol. The van der Waals surface area contributed by atoms with Crippen molar-refractivity contribution in [3.8, 4) is 28.6 Å². The summed E-state index contributed by atoms with van der Waals surface area (Å²) in [4.78, 5) is 0. The lowest BCUT2D eigenvalue weighted by Crippen LogP contribution is -2.00. The summed E-state index contributed by atoms with van der Waals surface area (Å²) in [5, 5.41) is 33.0. The van der Waals surface area contributed by atoms with Crippen LogP contribution >= 0.6 is 12.2 Å². The predicted molar refractivity (Wildman–Crippen MR) is 106 cm³/mol. The molecule has 2 aromatic heterocycles. The van der Waals surface area contributed by atoms with Gasteiger partial charge < -0.3 is 10.2 Å². The van der Waals surface area contributed by atoms with Gasteiger partial charge in [0.2, 0.25) is 0 Å². The molecular formula is C19H19N5O2S. The van der Waals surface area contributed by atoms with Crippen LogP contribution in [0.15, 0.2) is 36.5 Å². The number of H-pyrrole nitrogens is 1. The monoisotopic (exact) mass is 381 g/mol. The van der Waals surface area contributed by atoms with Crippen LogP contribution in [0.3, 0.4) is 0 Å². The third-order valence-corrected chi connectivity index (χ3v) is 4.94. The summed E-state index contributed by atoms with van der Waals surface area (Å²) in [6.45, 7) is 3.95. The second kappa shape index (κ2) is 6.24. The molecule has 0 aliphatic carbocycles. The van der Waals surface area contributed by atoms with E-state index in [-0.39, 0.29) is 17.4 Å². The number of nitrogens with one attached hydrogen (secondary N) is 1. The number of hydrogen-bond acceptors (Lipinski definition) is 5.